The molecular weight excluding hydrogens is 403 g/mol. The van der Waals surface area contributed by atoms with Gasteiger partial charge >= 0.3 is 5.97 Å². The van der Waals surface area contributed by atoms with Crippen molar-refractivity contribution in [3.05, 3.63) is 40.6 Å². The molecule has 1 N–H and O–H groups in total. The zero-order valence-electron chi connectivity index (χ0n) is 15.0. The fourth-order valence-electron chi connectivity index (χ4n) is 3.14. The molecule has 2 saturated heterocycles. The number of hydrogen-bond acceptors (Lipinski definition) is 5. The SMILES string of the molecule is O=C(O)C1CCN(C(=O)CCN2C(=O)/C(=C/c3ccc(F)cc3)SC2=S)CC1. The van der Waals surface area contributed by atoms with E-state index in [4.69, 9.17) is 17.3 Å². The van der Waals surface area contributed by atoms with E-state index in [1.807, 2.05) is 0 Å². The summed E-state index contributed by atoms with van der Waals surface area (Å²) in [5.74, 6) is -1.95. The second-order valence-electron chi connectivity index (χ2n) is 6.63. The van der Waals surface area contributed by atoms with Crippen molar-refractivity contribution in [3.63, 3.8) is 0 Å². The Hall–Kier alpha value is -2.26. The second kappa shape index (κ2) is 8.83. The minimum absolute atomic E-state index is 0.111. The number of nitrogens with zero attached hydrogens (tertiary/aromatic N) is 2. The summed E-state index contributed by atoms with van der Waals surface area (Å²) in [4.78, 5) is 39.4. The summed E-state index contributed by atoms with van der Waals surface area (Å²) in [5.41, 5.74) is 0.694. The van der Waals surface area contributed by atoms with Gasteiger partial charge in [0.2, 0.25) is 5.91 Å². The van der Waals surface area contributed by atoms with Crippen LogP contribution in [-0.2, 0) is 14.4 Å². The van der Waals surface area contributed by atoms with E-state index in [9.17, 15) is 18.8 Å². The number of carboxylic acids is 1. The van der Waals surface area contributed by atoms with E-state index in [1.165, 1.54) is 17.0 Å². The molecule has 0 radical (unpaired) electrons. The number of carbonyl (C=O) groups excluding carboxylic acids is 2. The lowest BCUT2D eigenvalue weighted by Crippen LogP contribution is -2.41. The lowest BCUT2D eigenvalue weighted by atomic mass is 9.97. The molecule has 3 rings (SSSR count). The number of thiocarbonyl (C=S) groups is 1. The number of aliphatic carboxylic acids is 1. The first kappa shape index (κ1) is 20.5. The number of benzene rings is 1. The highest BCUT2D eigenvalue weighted by Crippen LogP contribution is 2.32. The first-order valence-electron chi connectivity index (χ1n) is 8.86. The number of carboxylic acid groups (broad SMARTS) is 1. The molecule has 2 amide bonds. The van der Waals surface area contributed by atoms with Crippen molar-refractivity contribution >= 4 is 52.2 Å². The summed E-state index contributed by atoms with van der Waals surface area (Å²) < 4.78 is 13.4. The van der Waals surface area contributed by atoms with E-state index in [0.29, 0.717) is 40.7 Å². The zero-order chi connectivity index (χ0) is 20.3. The van der Waals surface area contributed by atoms with Gasteiger partial charge in [0.15, 0.2) is 0 Å². The van der Waals surface area contributed by atoms with E-state index in [0.717, 1.165) is 11.8 Å². The number of likely N-dealkylation sites (tertiary alicyclic amines) is 1. The predicted octanol–water partition coefficient (Wildman–Crippen LogP) is 2.74. The first-order chi connectivity index (χ1) is 13.3. The molecule has 0 aliphatic carbocycles. The number of halogens is 1. The lowest BCUT2D eigenvalue weighted by Gasteiger charge is -2.30. The van der Waals surface area contributed by atoms with Gasteiger partial charge in [-0.1, -0.05) is 36.1 Å². The zero-order valence-corrected chi connectivity index (χ0v) is 16.6. The van der Waals surface area contributed by atoms with Crippen molar-refractivity contribution in [1.82, 2.24) is 9.80 Å². The standard InChI is InChI=1S/C19H19FN2O4S2/c20-14-3-1-12(2-4-14)11-15-17(24)22(19(27)28-15)10-7-16(23)21-8-5-13(6-9-21)18(25)26/h1-4,11,13H,5-10H2,(H,25,26)/b15-11-. The molecule has 0 spiro atoms. The van der Waals surface area contributed by atoms with Crippen LogP contribution in [-0.4, -0.2) is 56.6 Å². The number of amides is 2. The van der Waals surface area contributed by atoms with Crippen LogP contribution in [0.4, 0.5) is 4.39 Å². The van der Waals surface area contributed by atoms with Crippen LogP contribution in [0.1, 0.15) is 24.8 Å². The van der Waals surface area contributed by atoms with Crippen molar-refractivity contribution in [3.8, 4) is 0 Å². The van der Waals surface area contributed by atoms with Gasteiger partial charge in [0.25, 0.3) is 5.91 Å². The van der Waals surface area contributed by atoms with Crippen molar-refractivity contribution < 1.29 is 23.9 Å². The Morgan fingerprint density at radius 3 is 2.50 bits per heavy atom. The third-order valence-corrected chi connectivity index (χ3v) is 6.17. The number of piperidine rings is 1. The molecule has 0 aromatic heterocycles. The van der Waals surface area contributed by atoms with Gasteiger partial charge in [-0.05, 0) is 36.6 Å². The van der Waals surface area contributed by atoms with Crippen molar-refractivity contribution in [2.24, 2.45) is 5.92 Å². The van der Waals surface area contributed by atoms with Crippen molar-refractivity contribution in [1.29, 1.82) is 0 Å². The Kier molecular flexibility index (Phi) is 6.46. The van der Waals surface area contributed by atoms with Gasteiger partial charge in [0.1, 0.15) is 10.1 Å². The van der Waals surface area contributed by atoms with Crippen LogP contribution in [0.25, 0.3) is 6.08 Å². The van der Waals surface area contributed by atoms with Gasteiger partial charge in [-0.2, -0.15) is 0 Å². The highest BCUT2D eigenvalue weighted by Gasteiger charge is 2.33. The molecule has 0 unspecified atom stereocenters. The summed E-state index contributed by atoms with van der Waals surface area (Å²) in [5, 5.41) is 9.02. The third kappa shape index (κ3) is 4.77. The molecule has 9 heteroatoms. The highest BCUT2D eigenvalue weighted by molar-refractivity contribution is 8.26. The first-order valence-corrected chi connectivity index (χ1v) is 10.1. The van der Waals surface area contributed by atoms with Gasteiger partial charge in [-0.25, -0.2) is 4.39 Å². The van der Waals surface area contributed by atoms with Crippen LogP contribution in [0.5, 0.6) is 0 Å². The van der Waals surface area contributed by atoms with Gasteiger partial charge in [-0.15, -0.1) is 0 Å². The normalized spacial score (nSPS) is 19.5. The Morgan fingerprint density at radius 2 is 1.89 bits per heavy atom. The van der Waals surface area contributed by atoms with Crippen molar-refractivity contribution in [2.45, 2.75) is 19.3 Å². The molecule has 2 aliphatic heterocycles. The molecule has 28 heavy (non-hydrogen) atoms. The summed E-state index contributed by atoms with van der Waals surface area (Å²) in [7, 11) is 0. The summed E-state index contributed by atoms with van der Waals surface area (Å²) in [6.07, 6.45) is 2.68. The monoisotopic (exact) mass is 422 g/mol. The lowest BCUT2D eigenvalue weighted by molar-refractivity contribution is -0.145. The Bertz CT molecular complexity index is 833. The molecule has 0 saturated carbocycles. The minimum Gasteiger partial charge on any atom is -0.481 e. The number of thioether (sulfide) groups is 1. The number of carbonyl (C=O) groups is 3. The smallest absolute Gasteiger partial charge is 0.306 e. The van der Waals surface area contributed by atoms with Crippen LogP contribution in [0.3, 0.4) is 0 Å². The summed E-state index contributed by atoms with van der Waals surface area (Å²) in [6, 6.07) is 5.79. The summed E-state index contributed by atoms with van der Waals surface area (Å²) >= 11 is 6.42. The molecule has 2 aliphatic rings. The quantitative estimate of drug-likeness (QED) is 0.581. The maximum atomic E-state index is 13.0. The molecule has 2 heterocycles. The van der Waals surface area contributed by atoms with E-state index in [2.05, 4.69) is 0 Å². The average Bonchev–Trinajstić information content (AvgIpc) is 2.94. The van der Waals surface area contributed by atoms with Crippen LogP contribution in [0.15, 0.2) is 29.2 Å². The molecule has 1 aromatic carbocycles. The van der Waals surface area contributed by atoms with E-state index >= 15 is 0 Å². The minimum atomic E-state index is -0.822. The largest absolute Gasteiger partial charge is 0.481 e. The molecule has 0 bridgehead atoms. The Labute approximate surface area is 171 Å². The molecule has 1 aromatic rings. The van der Waals surface area contributed by atoms with E-state index in [-0.39, 0.29) is 30.6 Å². The summed E-state index contributed by atoms with van der Waals surface area (Å²) in [6.45, 7) is 1.01. The fourth-order valence-corrected chi connectivity index (χ4v) is 4.45. The van der Waals surface area contributed by atoms with Gasteiger partial charge in [-0.3, -0.25) is 19.3 Å². The highest BCUT2D eigenvalue weighted by atomic mass is 32.2. The molecule has 148 valence electrons. The maximum absolute atomic E-state index is 13.0. The van der Waals surface area contributed by atoms with Crippen molar-refractivity contribution in [2.75, 3.05) is 19.6 Å². The molecule has 2 fully saturated rings. The Balaban J connectivity index is 1.55. The van der Waals surface area contributed by atoms with E-state index < -0.39 is 11.9 Å². The topological polar surface area (TPSA) is 77.9 Å². The molecule has 6 nitrogen and oxygen atoms in total. The fraction of sp³-hybridized carbons (Fsp3) is 0.368. The number of hydrogen-bond donors (Lipinski definition) is 1. The van der Waals surface area contributed by atoms with Gasteiger partial charge < -0.3 is 10.0 Å². The number of rotatable bonds is 5. The van der Waals surface area contributed by atoms with Gasteiger partial charge in [0.05, 0.1) is 10.8 Å². The second-order valence-corrected chi connectivity index (χ2v) is 8.30. The van der Waals surface area contributed by atoms with Crippen LogP contribution >= 0.6 is 24.0 Å². The average molecular weight is 423 g/mol. The predicted molar refractivity (Wildman–Crippen MR) is 108 cm³/mol. The Morgan fingerprint density at radius 1 is 1.25 bits per heavy atom. The maximum Gasteiger partial charge on any atom is 0.306 e. The van der Waals surface area contributed by atoms with Gasteiger partial charge in [0, 0.05) is 26.1 Å². The van der Waals surface area contributed by atoms with Crippen LogP contribution < -0.4 is 0 Å². The molecule has 0 atom stereocenters. The van der Waals surface area contributed by atoms with Crippen LogP contribution in [0, 0.1) is 11.7 Å². The van der Waals surface area contributed by atoms with Crippen LogP contribution in [0.2, 0.25) is 0 Å². The van der Waals surface area contributed by atoms with E-state index in [1.54, 1.807) is 23.1 Å². The molecular formula is C19H19FN2O4S2. The third-order valence-electron chi connectivity index (χ3n) is 4.79.